The van der Waals surface area contributed by atoms with E-state index in [2.05, 4.69) is 15.2 Å². The number of anilines is 2. The van der Waals surface area contributed by atoms with Crippen LogP contribution in [0.4, 0.5) is 11.4 Å². The normalized spacial score (nSPS) is 15.1. The van der Waals surface area contributed by atoms with Crippen LogP contribution in [0.15, 0.2) is 83.9 Å². The number of nitrogens with one attached hydrogen (secondary N) is 2. The van der Waals surface area contributed by atoms with Crippen LogP contribution in [0.5, 0.6) is 0 Å². The lowest BCUT2D eigenvalue weighted by atomic mass is 10.1. The Morgan fingerprint density at radius 3 is 2.53 bits per heavy atom. The number of aromatic nitrogens is 1. The van der Waals surface area contributed by atoms with Crippen LogP contribution in [-0.4, -0.2) is 50.9 Å². The largest absolute Gasteiger partial charge is 0.378 e. The highest BCUT2D eigenvalue weighted by Crippen LogP contribution is 2.26. The van der Waals surface area contributed by atoms with Crippen molar-refractivity contribution in [3.8, 4) is 0 Å². The van der Waals surface area contributed by atoms with Gasteiger partial charge in [-0.15, -0.1) is 0 Å². The van der Waals surface area contributed by atoms with Gasteiger partial charge >= 0.3 is 0 Å². The van der Waals surface area contributed by atoms with Gasteiger partial charge in [-0.3, -0.25) is 4.79 Å². The second-order valence-corrected chi connectivity index (χ2v) is 11.2. The van der Waals surface area contributed by atoms with E-state index in [0.717, 1.165) is 40.8 Å². The number of morpholine rings is 1. The molecule has 0 bridgehead atoms. The first-order valence-corrected chi connectivity index (χ1v) is 13.6. The number of aromatic amines is 1. The molecule has 0 aliphatic carbocycles. The van der Waals surface area contributed by atoms with Crippen molar-refractivity contribution in [1.82, 2.24) is 4.98 Å². The lowest BCUT2D eigenvalue weighted by molar-refractivity contribution is -0.115. The number of ether oxygens (including phenoxy) is 1. The molecule has 2 N–H and O–H groups in total. The van der Waals surface area contributed by atoms with E-state index in [1.807, 2.05) is 61.5 Å². The SMILES string of the molecule is Cc1cccc(S(=O)(=O)[C@@H](Cc2c[nH]c3ccccc23)C(=O)Nc2ccc(N3CCOCC3)cc2)c1. The van der Waals surface area contributed by atoms with E-state index in [-0.39, 0.29) is 11.3 Å². The van der Waals surface area contributed by atoms with Crippen LogP contribution >= 0.6 is 0 Å². The molecular weight excluding hydrogens is 474 g/mol. The Hall–Kier alpha value is -3.62. The molecule has 1 saturated heterocycles. The first-order chi connectivity index (χ1) is 17.4. The van der Waals surface area contributed by atoms with E-state index in [0.29, 0.717) is 18.9 Å². The number of sulfone groups is 1. The number of H-pyrrole nitrogens is 1. The van der Waals surface area contributed by atoms with Crippen LogP contribution in [0.1, 0.15) is 11.1 Å². The Morgan fingerprint density at radius 2 is 1.78 bits per heavy atom. The summed E-state index contributed by atoms with van der Waals surface area (Å²) < 4.78 is 32.9. The van der Waals surface area contributed by atoms with Crippen molar-refractivity contribution in [2.45, 2.75) is 23.5 Å². The van der Waals surface area contributed by atoms with Gasteiger partial charge in [0.15, 0.2) is 9.84 Å². The number of benzene rings is 3. The van der Waals surface area contributed by atoms with Crippen molar-refractivity contribution in [1.29, 1.82) is 0 Å². The number of fused-ring (bicyclic) bond motifs is 1. The van der Waals surface area contributed by atoms with Gasteiger partial charge in [0.1, 0.15) is 5.25 Å². The second kappa shape index (κ2) is 10.2. The quantitative estimate of drug-likeness (QED) is 0.392. The van der Waals surface area contributed by atoms with Crippen molar-refractivity contribution in [2.75, 3.05) is 36.5 Å². The molecule has 0 saturated carbocycles. The number of hydrogen-bond donors (Lipinski definition) is 2. The van der Waals surface area contributed by atoms with Gasteiger partial charge in [-0.2, -0.15) is 0 Å². The van der Waals surface area contributed by atoms with Gasteiger partial charge in [-0.1, -0.05) is 30.3 Å². The van der Waals surface area contributed by atoms with E-state index < -0.39 is 21.0 Å². The van der Waals surface area contributed by atoms with Gasteiger partial charge in [-0.25, -0.2) is 8.42 Å². The molecule has 2 heterocycles. The molecule has 0 spiro atoms. The van der Waals surface area contributed by atoms with E-state index >= 15 is 0 Å². The van der Waals surface area contributed by atoms with Gasteiger partial charge in [0.25, 0.3) is 0 Å². The fraction of sp³-hybridized carbons (Fsp3) is 0.250. The molecule has 1 aliphatic rings. The molecular formula is C28H29N3O4S. The van der Waals surface area contributed by atoms with Crippen LogP contribution < -0.4 is 10.2 Å². The lowest BCUT2D eigenvalue weighted by Gasteiger charge is -2.29. The number of carbonyl (C=O) groups is 1. The van der Waals surface area contributed by atoms with Crippen LogP contribution in [0.25, 0.3) is 10.9 Å². The van der Waals surface area contributed by atoms with Crippen LogP contribution in [0.2, 0.25) is 0 Å². The molecule has 3 aromatic carbocycles. The van der Waals surface area contributed by atoms with Gasteiger partial charge in [0.2, 0.25) is 5.91 Å². The van der Waals surface area contributed by atoms with Gasteiger partial charge in [-0.05, 0) is 60.5 Å². The van der Waals surface area contributed by atoms with Crippen molar-refractivity contribution in [3.05, 3.63) is 90.1 Å². The van der Waals surface area contributed by atoms with Crippen LogP contribution in [0, 0.1) is 6.92 Å². The minimum Gasteiger partial charge on any atom is -0.378 e. The molecule has 186 valence electrons. The summed E-state index contributed by atoms with van der Waals surface area (Å²) in [4.78, 5) is 19.1. The summed E-state index contributed by atoms with van der Waals surface area (Å²) >= 11 is 0. The number of aryl methyl sites for hydroxylation is 1. The van der Waals surface area contributed by atoms with Crippen LogP contribution in [-0.2, 0) is 25.8 Å². The maximum Gasteiger partial charge on any atom is 0.243 e. The minimum absolute atomic E-state index is 0.0536. The van der Waals surface area contributed by atoms with Gasteiger partial charge in [0, 0.05) is 48.0 Å². The molecule has 1 amide bonds. The van der Waals surface area contributed by atoms with E-state index in [1.54, 1.807) is 24.4 Å². The Morgan fingerprint density at radius 1 is 1.03 bits per heavy atom. The van der Waals surface area contributed by atoms with Crippen molar-refractivity contribution in [2.24, 2.45) is 0 Å². The highest BCUT2D eigenvalue weighted by Gasteiger charge is 2.35. The number of amides is 1. The third-order valence-electron chi connectivity index (χ3n) is 6.58. The summed E-state index contributed by atoms with van der Waals surface area (Å²) in [5.74, 6) is -0.555. The molecule has 1 fully saturated rings. The Bertz CT molecular complexity index is 1470. The Kier molecular flexibility index (Phi) is 6.80. The monoisotopic (exact) mass is 503 g/mol. The zero-order valence-corrected chi connectivity index (χ0v) is 20.9. The zero-order valence-electron chi connectivity index (χ0n) is 20.1. The molecule has 8 heteroatoms. The fourth-order valence-corrected chi connectivity index (χ4v) is 6.29. The van der Waals surface area contributed by atoms with E-state index in [4.69, 9.17) is 4.74 Å². The van der Waals surface area contributed by atoms with Gasteiger partial charge < -0.3 is 19.9 Å². The van der Waals surface area contributed by atoms with Crippen molar-refractivity contribution < 1.29 is 17.9 Å². The first kappa shape index (κ1) is 24.1. The van der Waals surface area contributed by atoms with Crippen molar-refractivity contribution in [3.63, 3.8) is 0 Å². The molecule has 1 aromatic heterocycles. The average Bonchev–Trinajstić information content (AvgIpc) is 3.31. The maximum atomic E-state index is 13.7. The molecule has 4 aromatic rings. The highest BCUT2D eigenvalue weighted by molar-refractivity contribution is 7.92. The highest BCUT2D eigenvalue weighted by atomic mass is 32.2. The zero-order chi connectivity index (χ0) is 25.1. The topological polar surface area (TPSA) is 91.5 Å². The van der Waals surface area contributed by atoms with E-state index in [9.17, 15) is 13.2 Å². The number of carbonyl (C=O) groups excluding carboxylic acids is 1. The number of para-hydroxylation sites is 1. The smallest absolute Gasteiger partial charge is 0.243 e. The summed E-state index contributed by atoms with van der Waals surface area (Å²) in [5, 5.41) is 2.46. The minimum atomic E-state index is -3.96. The fourth-order valence-electron chi connectivity index (χ4n) is 4.60. The maximum absolute atomic E-state index is 13.7. The Balaban J connectivity index is 1.44. The first-order valence-electron chi connectivity index (χ1n) is 12.0. The summed E-state index contributed by atoms with van der Waals surface area (Å²) in [7, 11) is -3.96. The summed E-state index contributed by atoms with van der Waals surface area (Å²) in [6.45, 7) is 4.83. The molecule has 5 rings (SSSR count). The molecule has 0 radical (unpaired) electrons. The summed E-state index contributed by atoms with van der Waals surface area (Å²) in [6, 6.07) is 21.9. The molecule has 36 heavy (non-hydrogen) atoms. The standard InChI is InChI=1S/C28H29N3O4S/c1-20-5-4-6-24(17-20)36(33,34)27(18-21-19-29-26-8-3-2-7-25(21)26)28(32)30-22-9-11-23(12-10-22)31-13-15-35-16-14-31/h2-12,17,19,27,29H,13-16,18H2,1H3,(H,30,32)/t27-/m0/s1. The average molecular weight is 504 g/mol. The predicted molar refractivity (Wildman–Crippen MR) is 142 cm³/mol. The summed E-state index contributed by atoms with van der Waals surface area (Å²) in [6.07, 6.45) is 1.84. The number of rotatable bonds is 7. The summed E-state index contributed by atoms with van der Waals surface area (Å²) in [5.41, 5.74) is 4.10. The third kappa shape index (κ3) is 5.01. The molecule has 1 aliphatic heterocycles. The molecule has 7 nitrogen and oxygen atoms in total. The molecule has 0 unspecified atom stereocenters. The number of nitrogens with zero attached hydrogens (tertiary/aromatic N) is 1. The van der Waals surface area contributed by atoms with Crippen LogP contribution in [0.3, 0.4) is 0 Å². The third-order valence-corrected chi connectivity index (χ3v) is 8.62. The van der Waals surface area contributed by atoms with Gasteiger partial charge in [0.05, 0.1) is 18.1 Å². The number of hydrogen-bond acceptors (Lipinski definition) is 5. The lowest BCUT2D eigenvalue weighted by Crippen LogP contribution is -2.37. The van der Waals surface area contributed by atoms with E-state index in [1.165, 1.54) is 0 Å². The molecule has 1 atom stereocenters. The second-order valence-electron chi connectivity index (χ2n) is 9.05. The Labute approximate surface area is 211 Å². The predicted octanol–water partition coefficient (Wildman–Crippen LogP) is 4.34. The van der Waals surface area contributed by atoms with Crippen molar-refractivity contribution >= 4 is 38.0 Å².